The molecule has 0 bridgehead atoms. The van der Waals surface area contributed by atoms with Gasteiger partial charge in [-0.1, -0.05) is 6.42 Å². The molecule has 0 saturated carbocycles. The zero-order valence-electron chi connectivity index (χ0n) is 9.21. The number of thioether (sulfide) groups is 1. The molecule has 1 aromatic rings. The van der Waals surface area contributed by atoms with Gasteiger partial charge in [0, 0.05) is 15.8 Å². The van der Waals surface area contributed by atoms with Crippen LogP contribution in [0, 0.1) is 13.8 Å². The molecule has 2 rings (SSSR count). The highest BCUT2D eigenvalue weighted by molar-refractivity contribution is 8.00. The predicted molar refractivity (Wildman–Crippen MR) is 68.2 cm³/mol. The second-order valence-corrected chi connectivity index (χ2v) is 6.44. The van der Waals surface area contributed by atoms with Crippen molar-refractivity contribution in [2.45, 2.75) is 38.4 Å². The SMILES string of the molecule is Cc1scc(C(=O)C2CCCCS2)c1C. The van der Waals surface area contributed by atoms with Crippen LogP contribution in [0.1, 0.15) is 40.1 Å². The average molecular weight is 240 g/mol. The summed E-state index contributed by atoms with van der Waals surface area (Å²) in [7, 11) is 0. The number of ketones is 1. The van der Waals surface area contributed by atoms with Crippen molar-refractivity contribution in [3.05, 3.63) is 21.4 Å². The van der Waals surface area contributed by atoms with E-state index < -0.39 is 0 Å². The molecule has 2 heterocycles. The summed E-state index contributed by atoms with van der Waals surface area (Å²) in [5.41, 5.74) is 2.16. The Balaban J connectivity index is 2.16. The molecular weight excluding hydrogens is 224 g/mol. The van der Waals surface area contributed by atoms with E-state index in [0.29, 0.717) is 5.78 Å². The van der Waals surface area contributed by atoms with Crippen molar-refractivity contribution in [2.24, 2.45) is 0 Å². The lowest BCUT2D eigenvalue weighted by Gasteiger charge is -2.19. The van der Waals surface area contributed by atoms with E-state index in [2.05, 4.69) is 13.8 Å². The molecule has 1 nitrogen and oxygen atoms in total. The minimum absolute atomic E-state index is 0.228. The molecule has 1 aliphatic rings. The lowest BCUT2D eigenvalue weighted by molar-refractivity contribution is 0.0984. The first-order chi connectivity index (χ1) is 7.20. The fourth-order valence-corrected chi connectivity index (χ4v) is 4.02. The number of Topliss-reactive ketones (excluding diaryl/α,β-unsaturated/α-hetero) is 1. The van der Waals surface area contributed by atoms with Crippen molar-refractivity contribution in [3.63, 3.8) is 0 Å². The van der Waals surface area contributed by atoms with E-state index in [0.717, 1.165) is 17.7 Å². The summed E-state index contributed by atoms with van der Waals surface area (Å²) >= 11 is 3.53. The van der Waals surface area contributed by atoms with Gasteiger partial charge in [-0.15, -0.1) is 11.3 Å². The fraction of sp³-hybridized carbons (Fsp3) is 0.583. The van der Waals surface area contributed by atoms with Crippen LogP contribution in [0.15, 0.2) is 5.38 Å². The summed E-state index contributed by atoms with van der Waals surface area (Å²) in [4.78, 5) is 13.5. The highest BCUT2D eigenvalue weighted by Gasteiger charge is 2.24. The third-order valence-electron chi connectivity index (χ3n) is 3.02. The molecule has 1 saturated heterocycles. The summed E-state index contributed by atoms with van der Waals surface area (Å²) in [6, 6.07) is 0. The Morgan fingerprint density at radius 1 is 1.40 bits per heavy atom. The molecule has 0 spiro atoms. The first-order valence-electron chi connectivity index (χ1n) is 5.40. The number of thiophene rings is 1. The van der Waals surface area contributed by atoms with Crippen LogP contribution in [0.3, 0.4) is 0 Å². The van der Waals surface area contributed by atoms with Gasteiger partial charge in [-0.05, 0) is 38.0 Å². The van der Waals surface area contributed by atoms with Crippen molar-refractivity contribution in [2.75, 3.05) is 5.75 Å². The second-order valence-electron chi connectivity index (χ2n) is 4.05. The zero-order chi connectivity index (χ0) is 10.8. The number of aryl methyl sites for hydroxylation is 1. The number of carbonyl (C=O) groups is 1. The Labute approximate surface area is 99.3 Å². The number of carbonyl (C=O) groups excluding carboxylic acids is 1. The largest absolute Gasteiger partial charge is 0.293 e. The van der Waals surface area contributed by atoms with E-state index in [1.165, 1.54) is 23.3 Å². The van der Waals surface area contributed by atoms with Gasteiger partial charge in [0.2, 0.25) is 0 Å². The second kappa shape index (κ2) is 4.71. The minimum atomic E-state index is 0.228. The standard InChI is InChI=1S/C12H16OS2/c1-8-9(2)15-7-10(8)12(13)11-5-3-4-6-14-11/h7,11H,3-6H2,1-2H3. The van der Waals surface area contributed by atoms with Crippen LogP contribution in [0.4, 0.5) is 0 Å². The molecule has 1 aliphatic heterocycles. The van der Waals surface area contributed by atoms with Crippen LogP contribution in [0.25, 0.3) is 0 Å². The monoisotopic (exact) mass is 240 g/mol. The number of hydrogen-bond donors (Lipinski definition) is 0. The Bertz CT molecular complexity index is 362. The van der Waals surface area contributed by atoms with Gasteiger partial charge in [-0.2, -0.15) is 11.8 Å². The van der Waals surface area contributed by atoms with E-state index in [1.54, 1.807) is 11.3 Å². The van der Waals surface area contributed by atoms with Gasteiger partial charge in [0.1, 0.15) is 0 Å². The van der Waals surface area contributed by atoms with Crippen molar-refractivity contribution < 1.29 is 4.79 Å². The molecule has 0 N–H and O–H groups in total. The van der Waals surface area contributed by atoms with Crippen molar-refractivity contribution in [1.29, 1.82) is 0 Å². The molecule has 0 aromatic carbocycles. The maximum absolute atomic E-state index is 12.2. The van der Waals surface area contributed by atoms with Gasteiger partial charge < -0.3 is 0 Å². The number of rotatable bonds is 2. The van der Waals surface area contributed by atoms with Gasteiger partial charge in [-0.25, -0.2) is 0 Å². The summed E-state index contributed by atoms with van der Waals surface area (Å²) in [6.07, 6.45) is 3.56. The van der Waals surface area contributed by atoms with E-state index in [4.69, 9.17) is 0 Å². The molecule has 0 amide bonds. The highest BCUT2D eigenvalue weighted by Crippen LogP contribution is 2.30. The molecule has 1 aromatic heterocycles. The summed E-state index contributed by atoms with van der Waals surface area (Å²) < 4.78 is 0. The zero-order valence-corrected chi connectivity index (χ0v) is 10.8. The average Bonchev–Trinajstić information content (AvgIpc) is 2.60. The maximum Gasteiger partial charge on any atom is 0.176 e. The predicted octanol–water partition coefficient (Wildman–Crippen LogP) is 3.83. The van der Waals surface area contributed by atoms with Gasteiger partial charge >= 0.3 is 0 Å². The first-order valence-corrected chi connectivity index (χ1v) is 7.33. The number of hydrogen-bond acceptors (Lipinski definition) is 3. The van der Waals surface area contributed by atoms with Gasteiger partial charge in [0.15, 0.2) is 5.78 Å². The molecule has 0 aliphatic carbocycles. The van der Waals surface area contributed by atoms with E-state index in [1.807, 2.05) is 17.1 Å². The normalized spacial score (nSPS) is 21.6. The lowest BCUT2D eigenvalue weighted by Crippen LogP contribution is -2.21. The smallest absolute Gasteiger partial charge is 0.176 e. The van der Waals surface area contributed by atoms with Crippen molar-refractivity contribution in [3.8, 4) is 0 Å². The Morgan fingerprint density at radius 2 is 2.20 bits per heavy atom. The maximum atomic E-state index is 12.2. The van der Waals surface area contributed by atoms with Crippen molar-refractivity contribution in [1.82, 2.24) is 0 Å². The van der Waals surface area contributed by atoms with E-state index in [-0.39, 0.29) is 5.25 Å². The van der Waals surface area contributed by atoms with Crippen LogP contribution in [-0.2, 0) is 0 Å². The Hall–Kier alpha value is -0.280. The van der Waals surface area contributed by atoms with Crippen LogP contribution in [-0.4, -0.2) is 16.8 Å². The molecule has 82 valence electrons. The highest BCUT2D eigenvalue weighted by atomic mass is 32.2. The van der Waals surface area contributed by atoms with Crippen LogP contribution in [0.5, 0.6) is 0 Å². The lowest BCUT2D eigenvalue weighted by atomic mass is 10.0. The molecule has 1 fully saturated rings. The summed E-state index contributed by atoms with van der Waals surface area (Å²) in [5, 5.41) is 2.26. The third-order valence-corrected chi connectivity index (χ3v) is 5.41. The van der Waals surface area contributed by atoms with Gasteiger partial charge in [-0.3, -0.25) is 4.79 Å². The Morgan fingerprint density at radius 3 is 2.73 bits per heavy atom. The third kappa shape index (κ3) is 2.28. The minimum Gasteiger partial charge on any atom is -0.293 e. The molecule has 3 heteroatoms. The molecule has 15 heavy (non-hydrogen) atoms. The molecule has 0 radical (unpaired) electrons. The first kappa shape index (κ1) is 11.2. The van der Waals surface area contributed by atoms with Crippen LogP contribution in [0.2, 0.25) is 0 Å². The fourth-order valence-electron chi connectivity index (χ4n) is 1.88. The van der Waals surface area contributed by atoms with E-state index >= 15 is 0 Å². The topological polar surface area (TPSA) is 17.1 Å². The van der Waals surface area contributed by atoms with Gasteiger partial charge in [0.05, 0.1) is 5.25 Å². The summed E-state index contributed by atoms with van der Waals surface area (Å²) in [6.45, 7) is 4.15. The molecule has 1 unspecified atom stereocenters. The Kier molecular flexibility index (Phi) is 3.52. The summed E-state index contributed by atoms with van der Waals surface area (Å²) in [5.74, 6) is 1.51. The van der Waals surface area contributed by atoms with Gasteiger partial charge in [0.25, 0.3) is 0 Å². The molecular formula is C12H16OS2. The van der Waals surface area contributed by atoms with E-state index in [9.17, 15) is 4.79 Å². The quantitative estimate of drug-likeness (QED) is 0.731. The molecule has 1 atom stereocenters. The van der Waals surface area contributed by atoms with Crippen molar-refractivity contribution >= 4 is 28.9 Å². The van der Waals surface area contributed by atoms with Crippen LogP contribution < -0.4 is 0 Å². The van der Waals surface area contributed by atoms with Crippen LogP contribution >= 0.6 is 23.1 Å².